The number of aliphatic carboxylic acids is 1. The van der Waals surface area contributed by atoms with Crippen LogP contribution in [0.1, 0.15) is 30.9 Å². The van der Waals surface area contributed by atoms with Gasteiger partial charge in [-0.15, -0.1) is 0 Å². The predicted molar refractivity (Wildman–Crippen MR) is 99.9 cm³/mol. The first-order valence-corrected chi connectivity index (χ1v) is 8.04. The van der Waals surface area contributed by atoms with E-state index in [4.69, 9.17) is 5.41 Å². The maximum absolute atomic E-state index is 11.5. The monoisotopic (exact) mass is 317 g/mol. The van der Waals surface area contributed by atoms with Gasteiger partial charge in [-0.25, -0.2) is 4.79 Å². The highest BCUT2D eigenvalue weighted by Gasteiger charge is 2.11. The molecule has 0 aliphatic rings. The van der Waals surface area contributed by atoms with E-state index in [-0.39, 0.29) is 0 Å². The van der Waals surface area contributed by atoms with Gasteiger partial charge in [0.2, 0.25) is 0 Å². The van der Waals surface area contributed by atoms with Crippen molar-refractivity contribution in [2.45, 2.75) is 19.8 Å². The van der Waals surface area contributed by atoms with Gasteiger partial charge in [-0.1, -0.05) is 55.8 Å². The molecule has 0 fully saturated rings. The number of carboxylic acid groups (broad SMARTS) is 1. The van der Waals surface area contributed by atoms with Crippen molar-refractivity contribution >= 4 is 39.8 Å². The van der Waals surface area contributed by atoms with Crippen LogP contribution in [0.2, 0.25) is 0 Å². The molecule has 24 heavy (non-hydrogen) atoms. The van der Waals surface area contributed by atoms with Gasteiger partial charge in [0.05, 0.1) is 0 Å². The summed E-state index contributed by atoms with van der Waals surface area (Å²) in [7, 11) is 0. The average Bonchev–Trinajstić information content (AvgIpc) is 2.59. The van der Waals surface area contributed by atoms with Crippen LogP contribution >= 0.6 is 0 Å². The van der Waals surface area contributed by atoms with Crippen molar-refractivity contribution in [2.75, 3.05) is 0 Å². The number of hydrogen-bond acceptors (Lipinski definition) is 2. The average molecular weight is 317 g/mol. The maximum Gasteiger partial charge on any atom is 0.331 e. The molecule has 0 heterocycles. The molecule has 2 N–H and O–H groups in total. The van der Waals surface area contributed by atoms with Crippen LogP contribution in [0.3, 0.4) is 0 Å². The van der Waals surface area contributed by atoms with E-state index in [0.29, 0.717) is 12.0 Å². The minimum Gasteiger partial charge on any atom is -0.478 e. The highest BCUT2D eigenvalue weighted by molar-refractivity contribution is 6.15. The molecule has 3 nitrogen and oxygen atoms in total. The summed E-state index contributed by atoms with van der Waals surface area (Å²) < 4.78 is 0. The van der Waals surface area contributed by atoms with E-state index >= 15 is 0 Å². The van der Waals surface area contributed by atoms with Crippen molar-refractivity contribution in [3.8, 4) is 0 Å². The normalized spacial score (nSPS) is 11.8. The van der Waals surface area contributed by atoms with Crippen LogP contribution in [0.4, 0.5) is 0 Å². The molecule has 3 aromatic carbocycles. The van der Waals surface area contributed by atoms with Crippen molar-refractivity contribution in [2.24, 2.45) is 0 Å². The molecule has 0 radical (unpaired) electrons. The van der Waals surface area contributed by atoms with E-state index in [1.54, 1.807) is 6.08 Å². The van der Waals surface area contributed by atoms with Crippen molar-refractivity contribution in [1.82, 2.24) is 0 Å². The molecule has 3 rings (SSSR count). The zero-order chi connectivity index (χ0) is 17.1. The van der Waals surface area contributed by atoms with Crippen LogP contribution < -0.4 is 0 Å². The fraction of sp³-hybridized carbons (Fsp3) is 0.143. The second kappa shape index (κ2) is 6.67. The lowest BCUT2D eigenvalue weighted by Gasteiger charge is -2.11. The van der Waals surface area contributed by atoms with Crippen molar-refractivity contribution < 1.29 is 9.90 Å². The Balaban J connectivity index is 2.37. The molecule has 0 saturated carbocycles. The molecular weight excluding hydrogens is 298 g/mol. The summed E-state index contributed by atoms with van der Waals surface area (Å²) >= 11 is 0. The molecule has 0 saturated heterocycles. The third-order valence-electron chi connectivity index (χ3n) is 4.23. The van der Waals surface area contributed by atoms with E-state index < -0.39 is 5.97 Å². The SMILES string of the molecule is CCCC(=Cc1cccc2cc3ccccc3c(C=N)c12)C(=O)O. The predicted octanol–water partition coefficient (Wildman–Crippen LogP) is 5.26. The fourth-order valence-corrected chi connectivity index (χ4v) is 3.16. The number of fused-ring (bicyclic) bond motifs is 2. The molecule has 3 heteroatoms. The Morgan fingerprint density at radius 1 is 1.12 bits per heavy atom. The van der Waals surface area contributed by atoms with Crippen LogP contribution in [0.5, 0.6) is 0 Å². The Morgan fingerprint density at radius 3 is 2.58 bits per heavy atom. The Kier molecular flexibility index (Phi) is 4.43. The van der Waals surface area contributed by atoms with Gasteiger partial charge in [0, 0.05) is 17.4 Å². The molecule has 0 aromatic heterocycles. The molecule has 0 amide bonds. The standard InChI is InChI=1S/C21H19NO2/c1-2-6-17(21(23)24)12-16-9-5-8-15-11-14-7-3-4-10-18(14)19(13-22)20(15)16/h3-5,7-13,22H,2,6H2,1H3,(H,23,24). The quantitative estimate of drug-likeness (QED) is 0.383. The van der Waals surface area contributed by atoms with E-state index in [1.165, 1.54) is 6.21 Å². The number of hydrogen-bond donors (Lipinski definition) is 2. The fourth-order valence-electron chi connectivity index (χ4n) is 3.16. The van der Waals surface area contributed by atoms with Crippen LogP contribution in [-0.2, 0) is 4.79 Å². The van der Waals surface area contributed by atoms with E-state index in [9.17, 15) is 9.90 Å². The lowest BCUT2D eigenvalue weighted by atomic mass is 9.93. The van der Waals surface area contributed by atoms with Crippen LogP contribution in [0.15, 0.2) is 54.1 Å². The van der Waals surface area contributed by atoms with Gasteiger partial charge in [0.15, 0.2) is 0 Å². The Morgan fingerprint density at radius 2 is 1.88 bits per heavy atom. The second-order valence-corrected chi connectivity index (χ2v) is 5.83. The van der Waals surface area contributed by atoms with Gasteiger partial charge in [-0.05, 0) is 45.7 Å². The van der Waals surface area contributed by atoms with Crippen molar-refractivity contribution in [3.63, 3.8) is 0 Å². The first-order valence-electron chi connectivity index (χ1n) is 8.04. The highest BCUT2D eigenvalue weighted by Crippen LogP contribution is 2.31. The van der Waals surface area contributed by atoms with Crippen molar-refractivity contribution in [3.05, 3.63) is 65.2 Å². The minimum absolute atomic E-state index is 0.397. The van der Waals surface area contributed by atoms with Crippen LogP contribution in [0, 0.1) is 5.41 Å². The number of rotatable bonds is 5. The Hall–Kier alpha value is -2.94. The van der Waals surface area contributed by atoms with Crippen LogP contribution in [-0.4, -0.2) is 17.3 Å². The Bertz CT molecular complexity index is 970. The molecule has 0 aliphatic heterocycles. The summed E-state index contributed by atoms with van der Waals surface area (Å²) in [5, 5.41) is 21.3. The summed E-state index contributed by atoms with van der Waals surface area (Å²) in [6.45, 7) is 1.97. The molecule has 0 bridgehead atoms. The maximum atomic E-state index is 11.5. The zero-order valence-electron chi connectivity index (χ0n) is 13.5. The third kappa shape index (κ3) is 2.81. The minimum atomic E-state index is -0.883. The number of nitrogens with one attached hydrogen (secondary N) is 1. The van der Waals surface area contributed by atoms with E-state index in [0.717, 1.165) is 39.1 Å². The summed E-state index contributed by atoms with van der Waals surface area (Å²) in [5.74, 6) is -0.883. The molecule has 0 aliphatic carbocycles. The largest absolute Gasteiger partial charge is 0.478 e. The van der Waals surface area contributed by atoms with E-state index in [1.807, 2.05) is 49.4 Å². The van der Waals surface area contributed by atoms with Gasteiger partial charge < -0.3 is 10.5 Å². The lowest BCUT2D eigenvalue weighted by Crippen LogP contribution is -2.00. The van der Waals surface area contributed by atoms with Crippen molar-refractivity contribution in [1.29, 1.82) is 5.41 Å². The molecule has 3 aromatic rings. The van der Waals surface area contributed by atoms with Gasteiger partial charge >= 0.3 is 5.97 Å². The molecule has 120 valence electrons. The number of carbonyl (C=O) groups is 1. The molecule has 0 unspecified atom stereocenters. The summed E-state index contributed by atoms with van der Waals surface area (Å²) in [6.07, 6.45) is 4.42. The van der Waals surface area contributed by atoms with Gasteiger partial charge in [-0.3, -0.25) is 0 Å². The third-order valence-corrected chi connectivity index (χ3v) is 4.23. The first-order chi connectivity index (χ1) is 11.7. The zero-order valence-corrected chi connectivity index (χ0v) is 13.5. The van der Waals surface area contributed by atoms with Gasteiger partial charge in [0.1, 0.15) is 0 Å². The Labute approximate surface area is 140 Å². The summed E-state index contributed by atoms with van der Waals surface area (Å²) in [4.78, 5) is 11.5. The lowest BCUT2D eigenvalue weighted by molar-refractivity contribution is -0.132. The first kappa shape index (κ1) is 15.9. The summed E-state index contributed by atoms with van der Waals surface area (Å²) in [5.41, 5.74) is 2.08. The molecule has 0 spiro atoms. The highest BCUT2D eigenvalue weighted by atomic mass is 16.4. The molecular formula is C21H19NO2. The number of benzene rings is 3. The van der Waals surface area contributed by atoms with E-state index in [2.05, 4.69) is 6.07 Å². The second-order valence-electron chi connectivity index (χ2n) is 5.83. The topological polar surface area (TPSA) is 61.2 Å². The van der Waals surface area contributed by atoms with Gasteiger partial charge in [0.25, 0.3) is 0 Å². The summed E-state index contributed by atoms with van der Waals surface area (Å²) in [6, 6.07) is 15.9. The smallest absolute Gasteiger partial charge is 0.331 e. The van der Waals surface area contributed by atoms with Gasteiger partial charge in [-0.2, -0.15) is 0 Å². The number of carboxylic acids is 1. The molecule has 0 atom stereocenters. The van der Waals surface area contributed by atoms with Crippen LogP contribution in [0.25, 0.3) is 27.6 Å².